The fourth-order valence-corrected chi connectivity index (χ4v) is 3.46. The van der Waals surface area contributed by atoms with Crippen LogP contribution < -0.4 is 0 Å². The van der Waals surface area contributed by atoms with Crippen molar-refractivity contribution in [2.24, 2.45) is 5.41 Å². The van der Waals surface area contributed by atoms with Crippen molar-refractivity contribution in [3.8, 4) is 0 Å². The Balaban J connectivity index is 2.76. The van der Waals surface area contributed by atoms with Crippen LogP contribution in [0.3, 0.4) is 0 Å². The normalized spacial score (nSPS) is 13.8. The van der Waals surface area contributed by atoms with E-state index >= 15 is 0 Å². The van der Waals surface area contributed by atoms with Crippen molar-refractivity contribution in [1.82, 2.24) is 4.90 Å². The summed E-state index contributed by atoms with van der Waals surface area (Å²) in [6.07, 6.45) is 2.40. The molecule has 0 N–H and O–H groups in total. The van der Waals surface area contributed by atoms with Gasteiger partial charge in [0, 0.05) is 22.9 Å². The van der Waals surface area contributed by atoms with Crippen LogP contribution in [0.15, 0.2) is 24.3 Å². The number of hydrogen-bond acceptors (Lipinski definition) is 1. The molecule has 0 fully saturated rings. The van der Waals surface area contributed by atoms with Gasteiger partial charge in [0.1, 0.15) is 0 Å². The van der Waals surface area contributed by atoms with Gasteiger partial charge in [-0.25, -0.2) is 0 Å². The van der Waals surface area contributed by atoms with Gasteiger partial charge in [-0.1, -0.05) is 53.5 Å². The average Bonchev–Trinajstić information content (AvgIpc) is 2.45. The third-order valence-corrected chi connectivity index (χ3v) is 5.82. The highest BCUT2D eigenvalue weighted by atomic mass is 79.9. The second kappa shape index (κ2) is 7.66. The van der Waals surface area contributed by atoms with Crippen LogP contribution in [0, 0.1) is 5.41 Å². The number of nitrogens with zero attached hydrogens (tertiary/aromatic N) is 1. The summed E-state index contributed by atoms with van der Waals surface area (Å²) in [5.74, 6) is 0. The molecule has 108 valence electrons. The van der Waals surface area contributed by atoms with E-state index in [1.165, 1.54) is 18.4 Å². The lowest BCUT2D eigenvalue weighted by Gasteiger charge is -2.37. The molecule has 1 unspecified atom stereocenters. The first-order chi connectivity index (χ1) is 8.98. The molecule has 0 aliphatic rings. The van der Waals surface area contributed by atoms with E-state index in [0.29, 0.717) is 11.5 Å². The maximum atomic E-state index is 5.95. The van der Waals surface area contributed by atoms with Gasteiger partial charge in [0.05, 0.1) is 0 Å². The Morgan fingerprint density at radius 1 is 1.21 bits per heavy atom. The molecule has 0 radical (unpaired) electrons. The Morgan fingerprint density at radius 3 is 2.16 bits per heavy atom. The molecule has 0 aromatic heterocycles. The van der Waals surface area contributed by atoms with Gasteiger partial charge < -0.3 is 0 Å². The molecule has 0 amide bonds. The summed E-state index contributed by atoms with van der Waals surface area (Å²) in [7, 11) is 2.21. The quantitative estimate of drug-likeness (QED) is 0.586. The van der Waals surface area contributed by atoms with Gasteiger partial charge in [-0.15, -0.1) is 0 Å². The predicted molar refractivity (Wildman–Crippen MR) is 89.3 cm³/mol. The molecular formula is C16H25BrClN. The minimum atomic E-state index is 0.370. The maximum absolute atomic E-state index is 5.95. The van der Waals surface area contributed by atoms with Crippen molar-refractivity contribution < 1.29 is 0 Å². The van der Waals surface area contributed by atoms with Crippen molar-refractivity contribution >= 4 is 27.5 Å². The standard InChI is InChI=1S/C16H25BrClN/c1-5-16(6-2,11-17)12-19(4)13(3)14-7-9-15(18)10-8-14/h7-10,13H,5-6,11-12H2,1-4H3. The lowest BCUT2D eigenvalue weighted by Crippen LogP contribution is -2.37. The van der Waals surface area contributed by atoms with E-state index in [2.05, 4.69) is 60.8 Å². The van der Waals surface area contributed by atoms with E-state index < -0.39 is 0 Å². The first-order valence-electron chi connectivity index (χ1n) is 6.99. The summed E-state index contributed by atoms with van der Waals surface area (Å²) in [5, 5.41) is 1.86. The molecule has 1 aromatic rings. The molecule has 1 rings (SSSR count). The van der Waals surface area contributed by atoms with E-state index in [9.17, 15) is 0 Å². The van der Waals surface area contributed by atoms with E-state index in [0.717, 1.165) is 16.9 Å². The first-order valence-corrected chi connectivity index (χ1v) is 8.49. The van der Waals surface area contributed by atoms with Crippen molar-refractivity contribution in [2.75, 3.05) is 18.9 Å². The van der Waals surface area contributed by atoms with Gasteiger partial charge >= 0.3 is 0 Å². The zero-order valence-electron chi connectivity index (χ0n) is 12.4. The molecule has 1 nitrogen and oxygen atoms in total. The first kappa shape index (κ1) is 17.0. The van der Waals surface area contributed by atoms with Crippen molar-refractivity contribution in [2.45, 2.75) is 39.7 Å². The van der Waals surface area contributed by atoms with Crippen LogP contribution in [-0.4, -0.2) is 23.8 Å². The smallest absolute Gasteiger partial charge is 0.0406 e. The van der Waals surface area contributed by atoms with E-state index in [4.69, 9.17) is 11.6 Å². The van der Waals surface area contributed by atoms with Gasteiger partial charge in [0.15, 0.2) is 0 Å². The topological polar surface area (TPSA) is 3.24 Å². The van der Waals surface area contributed by atoms with Gasteiger partial charge in [0.25, 0.3) is 0 Å². The van der Waals surface area contributed by atoms with Crippen LogP contribution in [0.5, 0.6) is 0 Å². The Bertz CT molecular complexity index is 365. The molecule has 1 atom stereocenters. The molecule has 1 aromatic carbocycles. The monoisotopic (exact) mass is 345 g/mol. The molecule has 0 bridgehead atoms. The Kier molecular flexibility index (Phi) is 6.85. The molecule has 19 heavy (non-hydrogen) atoms. The summed E-state index contributed by atoms with van der Waals surface area (Å²) in [5.41, 5.74) is 1.69. The molecule has 0 saturated heterocycles. The van der Waals surface area contributed by atoms with Crippen molar-refractivity contribution in [3.63, 3.8) is 0 Å². The van der Waals surface area contributed by atoms with Gasteiger partial charge in [0.2, 0.25) is 0 Å². The second-order valence-corrected chi connectivity index (χ2v) is 6.48. The van der Waals surface area contributed by atoms with E-state index in [1.807, 2.05) is 12.1 Å². The van der Waals surface area contributed by atoms with Gasteiger partial charge in [-0.05, 0) is 49.9 Å². The van der Waals surface area contributed by atoms with Gasteiger partial charge in [-0.3, -0.25) is 4.90 Å². The fourth-order valence-electron chi connectivity index (χ4n) is 2.37. The summed E-state index contributed by atoms with van der Waals surface area (Å²) >= 11 is 9.64. The summed E-state index contributed by atoms with van der Waals surface area (Å²) in [6.45, 7) is 7.93. The highest BCUT2D eigenvalue weighted by Crippen LogP contribution is 2.32. The highest BCUT2D eigenvalue weighted by molar-refractivity contribution is 9.09. The highest BCUT2D eigenvalue weighted by Gasteiger charge is 2.28. The average molecular weight is 347 g/mol. The minimum absolute atomic E-state index is 0.370. The zero-order valence-corrected chi connectivity index (χ0v) is 14.8. The van der Waals surface area contributed by atoms with Crippen LogP contribution in [0.25, 0.3) is 0 Å². The Hall–Kier alpha value is -0.0500. The lowest BCUT2D eigenvalue weighted by molar-refractivity contribution is 0.151. The third-order valence-electron chi connectivity index (χ3n) is 4.38. The molecule has 3 heteroatoms. The van der Waals surface area contributed by atoms with E-state index in [-0.39, 0.29) is 0 Å². The number of alkyl halides is 1. The molecule has 0 saturated carbocycles. The van der Waals surface area contributed by atoms with Crippen molar-refractivity contribution in [3.05, 3.63) is 34.9 Å². The molecule has 0 heterocycles. The molecule has 0 aliphatic heterocycles. The molecular weight excluding hydrogens is 322 g/mol. The molecule has 0 spiro atoms. The van der Waals surface area contributed by atoms with Crippen LogP contribution in [0.1, 0.15) is 45.2 Å². The van der Waals surface area contributed by atoms with E-state index in [1.54, 1.807) is 0 Å². The Morgan fingerprint density at radius 2 is 1.74 bits per heavy atom. The summed E-state index contributed by atoms with van der Waals surface area (Å²) < 4.78 is 0. The van der Waals surface area contributed by atoms with Gasteiger partial charge in [-0.2, -0.15) is 0 Å². The third kappa shape index (κ3) is 4.47. The number of rotatable bonds is 7. The van der Waals surface area contributed by atoms with Crippen LogP contribution in [0.4, 0.5) is 0 Å². The SMILES string of the molecule is CCC(CC)(CBr)CN(C)C(C)c1ccc(Cl)cc1. The summed E-state index contributed by atoms with van der Waals surface area (Å²) in [4.78, 5) is 2.44. The van der Waals surface area contributed by atoms with Crippen molar-refractivity contribution in [1.29, 1.82) is 0 Å². The lowest BCUT2D eigenvalue weighted by atomic mass is 9.83. The summed E-state index contributed by atoms with van der Waals surface area (Å²) in [6, 6.07) is 8.60. The molecule has 0 aliphatic carbocycles. The number of benzene rings is 1. The fraction of sp³-hybridized carbons (Fsp3) is 0.625. The minimum Gasteiger partial charge on any atom is -0.299 e. The van der Waals surface area contributed by atoms with Crippen LogP contribution in [-0.2, 0) is 0 Å². The number of hydrogen-bond donors (Lipinski definition) is 0. The maximum Gasteiger partial charge on any atom is 0.0406 e. The Labute approximate surface area is 131 Å². The zero-order chi connectivity index (χ0) is 14.5. The second-order valence-electron chi connectivity index (χ2n) is 5.48. The van der Waals surface area contributed by atoms with Crippen LogP contribution >= 0.6 is 27.5 Å². The van der Waals surface area contributed by atoms with Crippen LogP contribution in [0.2, 0.25) is 5.02 Å². The number of halogens is 2. The largest absolute Gasteiger partial charge is 0.299 e. The predicted octanol–water partition coefficient (Wildman–Crippen LogP) is 5.53.